The van der Waals surface area contributed by atoms with Gasteiger partial charge in [0.1, 0.15) is 29.8 Å². The molecule has 7 nitrogen and oxygen atoms in total. The Morgan fingerprint density at radius 3 is 2.24 bits per heavy atom. The van der Waals surface area contributed by atoms with Crippen LogP contribution in [0.2, 0.25) is 0 Å². The van der Waals surface area contributed by atoms with E-state index in [0.29, 0.717) is 23.4 Å². The molecule has 0 aliphatic rings. The van der Waals surface area contributed by atoms with E-state index in [2.05, 4.69) is 25.2 Å². The molecule has 0 aliphatic carbocycles. The van der Waals surface area contributed by atoms with Gasteiger partial charge in [0.2, 0.25) is 0 Å². The second-order valence-corrected chi connectivity index (χ2v) is 7.85. The molecule has 194 valence electrons. The Labute approximate surface area is 204 Å². The molecule has 0 spiro atoms. The largest absolute Gasteiger partial charge is 0.484 e. The van der Waals surface area contributed by atoms with Crippen LogP contribution in [0.15, 0.2) is 67.1 Å². The van der Waals surface area contributed by atoms with E-state index >= 15 is 0 Å². The van der Waals surface area contributed by atoms with Crippen molar-refractivity contribution in [2.45, 2.75) is 24.2 Å². The van der Waals surface area contributed by atoms with Crippen LogP contribution in [-0.4, -0.2) is 49.5 Å². The number of alkyl halides is 5. The molecule has 0 saturated heterocycles. The zero-order valence-corrected chi connectivity index (χ0v) is 18.4. The first kappa shape index (κ1) is 26.0. The van der Waals surface area contributed by atoms with Crippen molar-refractivity contribution in [2.24, 2.45) is 0 Å². The fraction of sp³-hybridized carbons (Fsp3) is 0.217. The fourth-order valence-corrected chi connectivity index (χ4v) is 3.72. The van der Waals surface area contributed by atoms with Gasteiger partial charge in [-0.15, -0.1) is 5.10 Å². The zero-order valence-electron chi connectivity index (χ0n) is 18.4. The number of aliphatic hydroxyl groups is 1. The lowest BCUT2D eigenvalue weighted by atomic mass is 9.82. The summed E-state index contributed by atoms with van der Waals surface area (Å²) in [4.78, 5) is 4.19. The average Bonchev–Trinajstić information content (AvgIpc) is 3.37. The summed E-state index contributed by atoms with van der Waals surface area (Å²) in [5, 5.41) is 21.6. The average molecular weight is 527 g/mol. The third-order valence-electron chi connectivity index (χ3n) is 5.40. The van der Waals surface area contributed by atoms with E-state index in [1.54, 1.807) is 0 Å². The Bertz CT molecular complexity index is 1330. The van der Waals surface area contributed by atoms with Gasteiger partial charge in [0.05, 0.1) is 5.69 Å². The first-order valence-corrected chi connectivity index (χ1v) is 10.4. The number of nitrogens with zero attached hydrogens (tertiary/aromatic N) is 5. The van der Waals surface area contributed by atoms with Crippen molar-refractivity contribution in [3.8, 4) is 17.0 Å². The summed E-state index contributed by atoms with van der Waals surface area (Å²) in [5.74, 6) is -2.46. The summed E-state index contributed by atoms with van der Waals surface area (Å²) < 4.78 is 99.2. The molecule has 0 saturated carbocycles. The second-order valence-electron chi connectivity index (χ2n) is 7.85. The molecule has 0 aliphatic heterocycles. The molecule has 4 rings (SSSR count). The van der Waals surface area contributed by atoms with Gasteiger partial charge in [-0.3, -0.25) is 4.98 Å². The van der Waals surface area contributed by atoms with Crippen molar-refractivity contribution in [2.75, 3.05) is 6.61 Å². The molecular formula is C23H16F7N5O2. The predicted octanol–water partition coefficient (Wildman–Crippen LogP) is 4.70. The van der Waals surface area contributed by atoms with E-state index < -0.39 is 48.0 Å². The summed E-state index contributed by atoms with van der Waals surface area (Å²) in [7, 11) is 0. The van der Waals surface area contributed by atoms with E-state index in [9.17, 15) is 35.8 Å². The molecule has 2 unspecified atom stereocenters. The minimum atomic E-state index is -4.50. The minimum Gasteiger partial charge on any atom is -0.484 e. The second kappa shape index (κ2) is 10.1. The van der Waals surface area contributed by atoms with Gasteiger partial charge in [-0.25, -0.2) is 22.2 Å². The number of benzene rings is 2. The summed E-state index contributed by atoms with van der Waals surface area (Å²) in [5.41, 5.74) is -3.42. The highest BCUT2D eigenvalue weighted by atomic mass is 19.4. The molecule has 2 atom stereocenters. The van der Waals surface area contributed by atoms with Crippen LogP contribution in [0.25, 0.3) is 11.3 Å². The van der Waals surface area contributed by atoms with E-state index in [1.807, 2.05) is 0 Å². The molecule has 0 amide bonds. The van der Waals surface area contributed by atoms with Gasteiger partial charge >= 0.3 is 6.18 Å². The monoisotopic (exact) mass is 527 g/mol. The number of hydrogen-bond acceptors (Lipinski definition) is 6. The summed E-state index contributed by atoms with van der Waals surface area (Å²) >= 11 is 0. The normalized spacial score (nSPS) is 14.4. The topological polar surface area (TPSA) is 86.0 Å². The van der Waals surface area contributed by atoms with Crippen molar-refractivity contribution >= 4 is 0 Å². The van der Waals surface area contributed by atoms with Crippen LogP contribution in [0.3, 0.4) is 0 Å². The number of ether oxygens (including phenoxy) is 1. The Hall–Kier alpha value is -4.07. The van der Waals surface area contributed by atoms with E-state index in [-0.39, 0.29) is 11.3 Å². The van der Waals surface area contributed by atoms with Gasteiger partial charge in [0, 0.05) is 23.4 Å². The number of halogens is 7. The fourth-order valence-electron chi connectivity index (χ4n) is 3.72. The molecule has 0 radical (unpaired) electrons. The van der Waals surface area contributed by atoms with Crippen LogP contribution in [0, 0.1) is 11.6 Å². The van der Waals surface area contributed by atoms with Crippen molar-refractivity contribution in [3.05, 3.63) is 89.9 Å². The maximum atomic E-state index is 14.6. The first-order valence-electron chi connectivity index (χ1n) is 10.4. The molecule has 2 aromatic heterocycles. The molecule has 2 aromatic carbocycles. The molecule has 37 heavy (non-hydrogen) atoms. The lowest BCUT2D eigenvalue weighted by Crippen LogP contribution is -2.45. The standard InChI is InChI=1S/C23H16F7N5O2/c24-15-4-7-17(18(25)9-15)23(36,21(26)27)20(35-12-32-33-34-35)14-3-8-19(31-10-14)13-1-5-16(6-2-13)37-11-22(28,29)30/h1-10,12,20-21,36H,11H2. The molecule has 2 heterocycles. The van der Waals surface area contributed by atoms with Crippen molar-refractivity contribution in [1.82, 2.24) is 25.2 Å². The van der Waals surface area contributed by atoms with Crippen molar-refractivity contribution < 1.29 is 40.6 Å². The number of pyridine rings is 1. The highest BCUT2D eigenvalue weighted by Crippen LogP contribution is 2.43. The van der Waals surface area contributed by atoms with Crippen molar-refractivity contribution in [3.63, 3.8) is 0 Å². The Morgan fingerprint density at radius 2 is 1.70 bits per heavy atom. The lowest BCUT2D eigenvalue weighted by molar-refractivity contribution is -0.153. The third-order valence-corrected chi connectivity index (χ3v) is 5.40. The molecule has 1 N–H and O–H groups in total. The minimum absolute atomic E-state index is 0.0280. The van der Waals surface area contributed by atoms with Gasteiger partial charge in [0.15, 0.2) is 12.2 Å². The number of tetrazole rings is 1. The van der Waals surface area contributed by atoms with Crippen molar-refractivity contribution in [1.29, 1.82) is 0 Å². The molecule has 0 bridgehead atoms. The molecule has 14 heteroatoms. The zero-order chi connectivity index (χ0) is 26.8. The molecular weight excluding hydrogens is 511 g/mol. The van der Waals surface area contributed by atoms with E-state index in [0.717, 1.165) is 23.3 Å². The predicted molar refractivity (Wildman–Crippen MR) is 113 cm³/mol. The number of aromatic nitrogens is 5. The highest BCUT2D eigenvalue weighted by molar-refractivity contribution is 5.60. The quantitative estimate of drug-likeness (QED) is 0.335. The summed E-state index contributed by atoms with van der Waals surface area (Å²) in [6, 6.07) is 8.20. The SMILES string of the molecule is OC(c1ccc(F)cc1F)(C(F)F)C(c1ccc(-c2ccc(OCC(F)(F)F)cc2)nc1)n1cnnn1. The maximum Gasteiger partial charge on any atom is 0.422 e. The van der Waals surface area contributed by atoms with Gasteiger partial charge in [-0.05, 0) is 58.5 Å². The van der Waals surface area contributed by atoms with Crippen LogP contribution < -0.4 is 4.74 Å². The Balaban J connectivity index is 1.70. The van der Waals surface area contributed by atoms with Gasteiger partial charge < -0.3 is 9.84 Å². The first-order chi connectivity index (χ1) is 17.5. The van der Waals surface area contributed by atoms with Crippen LogP contribution >= 0.6 is 0 Å². The van der Waals surface area contributed by atoms with Gasteiger partial charge in [-0.2, -0.15) is 13.2 Å². The lowest BCUT2D eigenvalue weighted by Gasteiger charge is -2.35. The summed E-state index contributed by atoms with van der Waals surface area (Å²) in [6.07, 6.45) is -6.01. The molecule has 4 aromatic rings. The Kier molecular flexibility index (Phi) is 7.12. The van der Waals surface area contributed by atoms with Crippen LogP contribution in [-0.2, 0) is 5.60 Å². The van der Waals surface area contributed by atoms with Crippen LogP contribution in [0.4, 0.5) is 30.7 Å². The van der Waals surface area contributed by atoms with E-state index in [1.165, 1.54) is 36.4 Å². The maximum absolute atomic E-state index is 14.6. The number of rotatable bonds is 8. The van der Waals surface area contributed by atoms with E-state index in [4.69, 9.17) is 0 Å². The van der Waals surface area contributed by atoms with Crippen LogP contribution in [0.1, 0.15) is 17.2 Å². The molecule has 0 fully saturated rings. The summed E-state index contributed by atoms with van der Waals surface area (Å²) in [6.45, 7) is -1.46. The Morgan fingerprint density at radius 1 is 0.973 bits per heavy atom. The highest BCUT2D eigenvalue weighted by Gasteiger charge is 2.51. The number of hydrogen-bond donors (Lipinski definition) is 1. The third kappa shape index (κ3) is 5.53. The van der Waals surface area contributed by atoms with Gasteiger partial charge in [-0.1, -0.05) is 6.07 Å². The smallest absolute Gasteiger partial charge is 0.422 e. The van der Waals surface area contributed by atoms with Gasteiger partial charge in [0.25, 0.3) is 6.43 Å². The van der Waals surface area contributed by atoms with Crippen LogP contribution in [0.5, 0.6) is 5.75 Å².